The number of nitrogens with two attached hydrogens (primary N) is 1. The zero-order valence-corrected chi connectivity index (χ0v) is 7.28. The molecule has 0 spiro atoms. The lowest BCUT2D eigenvalue weighted by Gasteiger charge is -1.90. The van der Waals surface area contributed by atoms with E-state index in [1.165, 1.54) is 6.92 Å². The van der Waals surface area contributed by atoms with Crippen molar-refractivity contribution in [2.24, 2.45) is 5.73 Å². The minimum absolute atomic E-state index is 0.292. The average Bonchev–Trinajstić information content (AvgIpc) is 1.87. The van der Waals surface area contributed by atoms with Crippen LogP contribution < -0.4 is 5.73 Å². The molecule has 0 aromatic rings. The van der Waals surface area contributed by atoms with Crippen molar-refractivity contribution in [3.8, 4) is 0 Å². The Labute approximate surface area is 71.2 Å². The molecular formula is C7H15NO4. The van der Waals surface area contributed by atoms with Gasteiger partial charge in [-0.3, -0.25) is 9.59 Å². The lowest BCUT2D eigenvalue weighted by atomic mass is 10.4. The van der Waals surface area contributed by atoms with Gasteiger partial charge in [0.2, 0.25) is 0 Å². The molecule has 0 aromatic carbocycles. The number of carboxylic acids is 2. The molecule has 4 N–H and O–H groups in total. The van der Waals surface area contributed by atoms with Gasteiger partial charge >= 0.3 is 11.9 Å². The predicted molar refractivity (Wildman–Crippen MR) is 43.8 cm³/mol. The molecule has 5 heteroatoms. The summed E-state index contributed by atoms with van der Waals surface area (Å²) in [6, 6.07) is -0.731. The third-order valence-electron chi connectivity index (χ3n) is 0.853. The Morgan fingerprint density at radius 3 is 1.75 bits per heavy atom. The van der Waals surface area contributed by atoms with Gasteiger partial charge in [0.05, 0.1) is 0 Å². The van der Waals surface area contributed by atoms with Crippen LogP contribution in [0.1, 0.15) is 26.7 Å². The summed E-state index contributed by atoms with van der Waals surface area (Å²) in [5.41, 5.74) is 4.84. The van der Waals surface area contributed by atoms with Crippen molar-refractivity contribution in [3.63, 3.8) is 0 Å². The summed E-state index contributed by atoms with van der Waals surface area (Å²) < 4.78 is 0. The van der Waals surface area contributed by atoms with Crippen molar-refractivity contribution in [2.45, 2.75) is 32.7 Å². The molecule has 0 rings (SSSR count). The van der Waals surface area contributed by atoms with Crippen LogP contribution in [-0.2, 0) is 9.59 Å². The van der Waals surface area contributed by atoms with Crippen LogP contribution in [0.4, 0.5) is 0 Å². The van der Waals surface area contributed by atoms with E-state index in [2.05, 4.69) is 0 Å². The van der Waals surface area contributed by atoms with E-state index < -0.39 is 18.0 Å². The number of carbonyl (C=O) groups is 2. The fourth-order valence-corrected chi connectivity index (χ4v) is 0.214. The molecule has 0 saturated carbocycles. The molecule has 0 heterocycles. The van der Waals surface area contributed by atoms with Crippen LogP contribution in [0.25, 0.3) is 0 Å². The highest BCUT2D eigenvalue weighted by atomic mass is 16.4. The van der Waals surface area contributed by atoms with E-state index >= 15 is 0 Å². The van der Waals surface area contributed by atoms with Crippen LogP contribution in [0, 0.1) is 0 Å². The Hall–Kier alpha value is -1.10. The maximum atomic E-state index is 9.60. The summed E-state index contributed by atoms with van der Waals surface area (Å²) in [6.45, 7) is 3.26. The summed E-state index contributed by atoms with van der Waals surface area (Å²) >= 11 is 0. The maximum Gasteiger partial charge on any atom is 0.320 e. The van der Waals surface area contributed by atoms with Gasteiger partial charge in [0.1, 0.15) is 6.04 Å². The Morgan fingerprint density at radius 1 is 1.42 bits per heavy atom. The first-order chi connectivity index (χ1) is 5.41. The lowest BCUT2D eigenvalue weighted by molar-refractivity contribution is -0.138. The number of rotatable bonds is 3. The van der Waals surface area contributed by atoms with Crippen molar-refractivity contribution in [3.05, 3.63) is 0 Å². The van der Waals surface area contributed by atoms with E-state index in [1.54, 1.807) is 0 Å². The summed E-state index contributed by atoms with van der Waals surface area (Å²) in [7, 11) is 0. The molecule has 12 heavy (non-hydrogen) atoms. The molecule has 0 fully saturated rings. The van der Waals surface area contributed by atoms with Gasteiger partial charge in [-0.25, -0.2) is 0 Å². The van der Waals surface area contributed by atoms with Gasteiger partial charge in [0.15, 0.2) is 0 Å². The van der Waals surface area contributed by atoms with Crippen molar-refractivity contribution >= 4 is 11.9 Å². The largest absolute Gasteiger partial charge is 0.481 e. The Bertz CT molecular complexity index is 144. The molecule has 0 aliphatic heterocycles. The first kappa shape index (κ1) is 13.5. The smallest absolute Gasteiger partial charge is 0.320 e. The van der Waals surface area contributed by atoms with Gasteiger partial charge < -0.3 is 15.9 Å². The predicted octanol–water partition coefficient (Wildman–Crippen LogP) is 0.289. The zero-order valence-electron chi connectivity index (χ0n) is 7.28. The molecular weight excluding hydrogens is 162 g/mol. The highest BCUT2D eigenvalue weighted by molar-refractivity contribution is 5.72. The van der Waals surface area contributed by atoms with Crippen molar-refractivity contribution in [1.82, 2.24) is 0 Å². The second-order valence-electron chi connectivity index (χ2n) is 2.27. The fourth-order valence-electron chi connectivity index (χ4n) is 0.214. The molecule has 0 unspecified atom stereocenters. The highest BCUT2D eigenvalue weighted by Crippen LogP contribution is 1.82. The third-order valence-corrected chi connectivity index (χ3v) is 0.853. The molecule has 0 saturated heterocycles. The van der Waals surface area contributed by atoms with Crippen molar-refractivity contribution in [2.75, 3.05) is 0 Å². The zero-order chi connectivity index (χ0) is 10.1. The second-order valence-corrected chi connectivity index (χ2v) is 2.27. The molecule has 0 radical (unpaired) electrons. The Morgan fingerprint density at radius 2 is 1.75 bits per heavy atom. The SMILES string of the molecule is CCCC(=O)O.C[C@@H](N)C(=O)O. The van der Waals surface area contributed by atoms with Gasteiger partial charge in [-0.05, 0) is 13.3 Å². The maximum absolute atomic E-state index is 9.60. The summed E-state index contributed by atoms with van der Waals surface area (Å²) in [5.74, 6) is -1.67. The van der Waals surface area contributed by atoms with Gasteiger partial charge in [0, 0.05) is 6.42 Å². The highest BCUT2D eigenvalue weighted by Gasteiger charge is 1.99. The molecule has 0 aromatic heterocycles. The molecule has 1 atom stereocenters. The van der Waals surface area contributed by atoms with Crippen LogP contribution in [0.2, 0.25) is 0 Å². The molecule has 5 nitrogen and oxygen atoms in total. The number of aliphatic carboxylic acids is 2. The van der Waals surface area contributed by atoms with E-state index in [4.69, 9.17) is 15.9 Å². The quantitative estimate of drug-likeness (QED) is 0.575. The summed E-state index contributed by atoms with van der Waals surface area (Å²) in [6.07, 6.45) is 1.02. The van der Waals surface area contributed by atoms with Crippen LogP contribution in [0.5, 0.6) is 0 Å². The van der Waals surface area contributed by atoms with Crippen molar-refractivity contribution in [1.29, 1.82) is 0 Å². The molecule has 72 valence electrons. The first-order valence-electron chi connectivity index (χ1n) is 3.62. The number of carboxylic acid groups (broad SMARTS) is 2. The lowest BCUT2D eigenvalue weighted by Crippen LogP contribution is -2.25. The summed E-state index contributed by atoms with van der Waals surface area (Å²) in [4.78, 5) is 19.2. The van der Waals surface area contributed by atoms with Crippen LogP contribution in [0.15, 0.2) is 0 Å². The van der Waals surface area contributed by atoms with E-state index in [1.807, 2.05) is 6.92 Å². The Kier molecular flexibility index (Phi) is 8.99. The molecule has 0 aliphatic rings. The number of hydrogen-bond acceptors (Lipinski definition) is 3. The minimum Gasteiger partial charge on any atom is -0.481 e. The van der Waals surface area contributed by atoms with Gasteiger partial charge in [0.25, 0.3) is 0 Å². The van der Waals surface area contributed by atoms with Gasteiger partial charge in [-0.1, -0.05) is 6.92 Å². The van der Waals surface area contributed by atoms with Crippen molar-refractivity contribution < 1.29 is 19.8 Å². The third kappa shape index (κ3) is 16.0. The van der Waals surface area contributed by atoms with E-state index in [9.17, 15) is 9.59 Å². The fraction of sp³-hybridized carbons (Fsp3) is 0.714. The van der Waals surface area contributed by atoms with Gasteiger partial charge in [-0.2, -0.15) is 0 Å². The average molecular weight is 177 g/mol. The van der Waals surface area contributed by atoms with E-state index in [0.29, 0.717) is 6.42 Å². The van der Waals surface area contributed by atoms with Gasteiger partial charge in [-0.15, -0.1) is 0 Å². The molecule has 0 aliphatic carbocycles. The van der Waals surface area contributed by atoms with Crippen LogP contribution >= 0.6 is 0 Å². The monoisotopic (exact) mass is 177 g/mol. The minimum atomic E-state index is -0.963. The van der Waals surface area contributed by atoms with E-state index in [-0.39, 0.29) is 0 Å². The topological polar surface area (TPSA) is 101 Å². The Balaban J connectivity index is 0. The second kappa shape index (κ2) is 8.00. The van der Waals surface area contributed by atoms with Crippen LogP contribution in [-0.4, -0.2) is 28.2 Å². The molecule has 0 amide bonds. The first-order valence-corrected chi connectivity index (χ1v) is 3.62. The van der Waals surface area contributed by atoms with E-state index in [0.717, 1.165) is 6.42 Å². The standard InChI is InChI=1S/C4H8O2.C3H7NO2/c1-2-3-4(5)6;1-2(4)3(5)6/h2-3H2,1H3,(H,5,6);2H,4H2,1H3,(H,5,6)/t;2-/m.1/s1. The normalized spacial score (nSPS) is 10.9. The number of hydrogen-bond donors (Lipinski definition) is 3. The molecule has 0 bridgehead atoms. The van der Waals surface area contributed by atoms with Crippen LogP contribution in [0.3, 0.4) is 0 Å². The summed E-state index contributed by atoms with van der Waals surface area (Å²) in [5, 5.41) is 15.8.